The van der Waals surface area contributed by atoms with Crippen LogP contribution in [0.5, 0.6) is 0 Å². The first-order chi connectivity index (χ1) is 9.11. The number of unbranched alkanes of at least 4 members (excludes halogenated alkanes) is 5. The number of esters is 1. The second kappa shape index (κ2) is 12.0. The molecule has 0 saturated carbocycles. The van der Waals surface area contributed by atoms with Crippen LogP contribution in [0.25, 0.3) is 0 Å². The number of nitrogens with one attached hydrogen (secondary N) is 1. The Morgan fingerprint density at radius 1 is 1.00 bits per heavy atom. The van der Waals surface area contributed by atoms with Crippen molar-refractivity contribution in [1.82, 2.24) is 5.32 Å². The van der Waals surface area contributed by atoms with Crippen molar-refractivity contribution in [1.29, 1.82) is 0 Å². The third kappa shape index (κ3) is 10.5. The summed E-state index contributed by atoms with van der Waals surface area (Å²) in [6.07, 6.45) is 7.93. The molecular weight excluding hydrogens is 242 g/mol. The molecule has 1 unspecified atom stereocenters. The third-order valence-corrected chi connectivity index (χ3v) is 2.98. The summed E-state index contributed by atoms with van der Waals surface area (Å²) in [6.45, 7) is 6.31. The van der Waals surface area contributed by atoms with Crippen LogP contribution < -0.4 is 5.32 Å². The van der Waals surface area contributed by atoms with E-state index < -0.39 is 6.04 Å². The zero-order chi connectivity index (χ0) is 14.5. The van der Waals surface area contributed by atoms with Crippen LogP contribution in [-0.2, 0) is 14.3 Å². The number of rotatable bonds is 11. The van der Waals surface area contributed by atoms with Gasteiger partial charge in [0.1, 0.15) is 6.04 Å². The van der Waals surface area contributed by atoms with Gasteiger partial charge in [0.2, 0.25) is 5.91 Å². The fraction of sp³-hybridized carbons (Fsp3) is 0.867. The summed E-state index contributed by atoms with van der Waals surface area (Å²) in [7, 11) is 0. The molecule has 0 bridgehead atoms. The maximum Gasteiger partial charge on any atom is 0.328 e. The predicted molar refractivity (Wildman–Crippen MR) is 76.8 cm³/mol. The molecule has 0 aliphatic carbocycles. The normalized spacial score (nSPS) is 11.9. The van der Waals surface area contributed by atoms with Gasteiger partial charge in [-0.15, -0.1) is 0 Å². The van der Waals surface area contributed by atoms with Gasteiger partial charge in [-0.05, 0) is 19.8 Å². The first-order valence-corrected chi connectivity index (χ1v) is 7.57. The lowest BCUT2D eigenvalue weighted by atomic mass is 10.1. The summed E-state index contributed by atoms with van der Waals surface area (Å²) >= 11 is 0. The molecule has 19 heavy (non-hydrogen) atoms. The van der Waals surface area contributed by atoms with Crippen LogP contribution >= 0.6 is 0 Å². The number of hydrogen-bond donors (Lipinski definition) is 1. The number of carbonyl (C=O) groups excluding carboxylic acids is 2. The van der Waals surface area contributed by atoms with Crippen LogP contribution in [-0.4, -0.2) is 24.5 Å². The first kappa shape index (κ1) is 17.9. The minimum Gasteiger partial charge on any atom is -0.464 e. The molecular formula is C15H29NO3. The van der Waals surface area contributed by atoms with Crippen molar-refractivity contribution >= 4 is 11.9 Å². The molecule has 1 atom stereocenters. The average Bonchev–Trinajstić information content (AvgIpc) is 2.38. The Morgan fingerprint density at radius 3 is 2.26 bits per heavy atom. The van der Waals surface area contributed by atoms with Gasteiger partial charge in [0.25, 0.3) is 0 Å². The topological polar surface area (TPSA) is 55.4 Å². The van der Waals surface area contributed by atoms with Gasteiger partial charge in [-0.3, -0.25) is 4.79 Å². The van der Waals surface area contributed by atoms with E-state index >= 15 is 0 Å². The Labute approximate surface area is 117 Å². The second-order valence-corrected chi connectivity index (χ2v) is 4.97. The molecule has 112 valence electrons. The fourth-order valence-electron chi connectivity index (χ4n) is 1.70. The van der Waals surface area contributed by atoms with Gasteiger partial charge in [0, 0.05) is 6.42 Å². The molecule has 0 aromatic heterocycles. The van der Waals surface area contributed by atoms with E-state index in [9.17, 15) is 9.59 Å². The standard InChI is InChI=1S/C15H29NO3/c1-4-6-8-9-10-11-14(17)16-13(3)15(18)19-12-7-5-2/h13H,4-12H2,1-3H3,(H,16,17). The SMILES string of the molecule is CCCCCCCC(=O)NC(C)C(=O)OCCCC. The van der Waals surface area contributed by atoms with E-state index in [2.05, 4.69) is 12.2 Å². The second-order valence-electron chi connectivity index (χ2n) is 4.97. The van der Waals surface area contributed by atoms with Crippen LogP contribution in [0.15, 0.2) is 0 Å². The van der Waals surface area contributed by atoms with Crippen molar-refractivity contribution in [3.8, 4) is 0 Å². The van der Waals surface area contributed by atoms with Gasteiger partial charge in [0.15, 0.2) is 0 Å². The summed E-state index contributed by atoms with van der Waals surface area (Å²) in [5.74, 6) is -0.399. The lowest BCUT2D eigenvalue weighted by Gasteiger charge is -2.13. The molecule has 1 N–H and O–H groups in total. The van der Waals surface area contributed by atoms with E-state index in [0.29, 0.717) is 13.0 Å². The lowest BCUT2D eigenvalue weighted by molar-refractivity contribution is -0.147. The number of carbonyl (C=O) groups is 2. The molecule has 0 aliphatic heterocycles. The Bertz CT molecular complexity index is 254. The van der Waals surface area contributed by atoms with E-state index in [1.807, 2.05) is 6.92 Å². The van der Waals surface area contributed by atoms with Gasteiger partial charge in [-0.1, -0.05) is 46.0 Å². The highest BCUT2D eigenvalue weighted by Gasteiger charge is 2.16. The quantitative estimate of drug-likeness (QED) is 0.464. The van der Waals surface area contributed by atoms with Crippen molar-refractivity contribution in [2.75, 3.05) is 6.61 Å². The molecule has 0 radical (unpaired) electrons. The van der Waals surface area contributed by atoms with E-state index in [1.165, 1.54) is 19.3 Å². The van der Waals surface area contributed by atoms with Crippen LogP contribution in [0, 0.1) is 0 Å². The van der Waals surface area contributed by atoms with Gasteiger partial charge >= 0.3 is 5.97 Å². The van der Waals surface area contributed by atoms with E-state index in [4.69, 9.17) is 4.74 Å². The summed E-state index contributed by atoms with van der Waals surface area (Å²) in [4.78, 5) is 23.1. The van der Waals surface area contributed by atoms with E-state index in [-0.39, 0.29) is 11.9 Å². The Kier molecular flexibility index (Phi) is 11.3. The van der Waals surface area contributed by atoms with Crippen molar-refractivity contribution in [3.05, 3.63) is 0 Å². The maximum absolute atomic E-state index is 11.6. The van der Waals surface area contributed by atoms with Crippen LogP contribution in [0.1, 0.15) is 72.1 Å². The largest absolute Gasteiger partial charge is 0.464 e. The van der Waals surface area contributed by atoms with Crippen LogP contribution in [0.4, 0.5) is 0 Å². The maximum atomic E-state index is 11.6. The fourth-order valence-corrected chi connectivity index (χ4v) is 1.70. The molecule has 4 nitrogen and oxygen atoms in total. The minimum atomic E-state index is -0.542. The molecule has 0 saturated heterocycles. The van der Waals surface area contributed by atoms with Gasteiger partial charge in [-0.25, -0.2) is 4.79 Å². The number of amides is 1. The van der Waals surface area contributed by atoms with Crippen molar-refractivity contribution in [2.45, 2.75) is 78.2 Å². The highest BCUT2D eigenvalue weighted by molar-refractivity contribution is 5.84. The predicted octanol–water partition coefficient (Wildman–Crippen LogP) is 3.19. The van der Waals surface area contributed by atoms with E-state index in [1.54, 1.807) is 6.92 Å². The zero-order valence-electron chi connectivity index (χ0n) is 12.7. The molecule has 0 fully saturated rings. The monoisotopic (exact) mass is 271 g/mol. The molecule has 0 heterocycles. The third-order valence-electron chi connectivity index (χ3n) is 2.98. The summed E-state index contributed by atoms with van der Waals surface area (Å²) < 4.78 is 5.05. The average molecular weight is 271 g/mol. The smallest absolute Gasteiger partial charge is 0.328 e. The molecule has 0 aromatic carbocycles. The molecule has 0 spiro atoms. The number of ether oxygens (including phenoxy) is 1. The molecule has 0 aliphatic rings. The summed E-state index contributed by atoms with van der Waals surface area (Å²) in [5.41, 5.74) is 0. The lowest BCUT2D eigenvalue weighted by Crippen LogP contribution is -2.39. The Morgan fingerprint density at radius 2 is 1.63 bits per heavy atom. The van der Waals surface area contributed by atoms with Crippen molar-refractivity contribution in [2.24, 2.45) is 0 Å². The summed E-state index contributed by atoms with van der Waals surface area (Å²) in [5, 5.41) is 2.68. The minimum absolute atomic E-state index is 0.0589. The molecule has 0 rings (SSSR count). The van der Waals surface area contributed by atoms with Gasteiger partial charge in [0.05, 0.1) is 6.61 Å². The number of hydrogen-bond acceptors (Lipinski definition) is 3. The molecule has 0 aromatic rings. The Balaban J connectivity index is 3.64. The zero-order valence-corrected chi connectivity index (χ0v) is 12.7. The van der Waals surface area contributed by atoms with Crippen molar-refractivity contribution < 1.29 is 14.3 Å². The Hall–Kier alpha value is -1.06. The van der Waals surface area contributed by atoms with Gasteiger partial charge < -0.3 is 10.1 Å². The van der Waals surface area contributed by atoms with Crippen LogP contribution in [0.2, 0.25) is 0 Å². The summed E-state index contributed by atoms with van der Waals surface area (Å²) in [6, 6.07) is -0.542. The molecule has 4 heteroatoms. The van der Waals surface area contributed by atoms with Gasteiger partial charge in [-0.2, -0.15) is 0 Å². The van der Waals surface area contributed by atoms with Crippen molar-refractivity contribution in [3.63, 3.8) is 0 Å². The van der Waals surface area contributed by atoms with E-state index in [0.717, 1.165) is 25.7 Å². The highest BCUT2D eigenvalue weighted by Crippen LogP contribution is 2.05. The molecule has 1 amide bonds. The first-order valence-electron chi connectivity index (χ1n) is 7.57. The van der Waals surface area contributed by atoms with Crippen LogP contribution in [0.3, 0.4) is 0 Å². The highest BCUT2D eigenvalue weighted by atomic mass is 16.5.